The average Bonchev–Trinajstić information content (AvgIpc) is 2.76. The van der Waals surface area contributed by atoms with Gasteiger partial charge in [-0.25, -0.2) is 9.97 Å². The molecule has 6 heteroatoms. The summed E-state index contributed by atoms with van der Waals surface area (Å²) in [5.41, 5.74) is 3.20. The van der Waals surface area contributed by atoms with Crippen molar-refractivity contribution in [2.45, 2.75) is 13.8 Å². The molecule has 0 spiro atoms. The largest absolute Gasteiger partial charge is 0.438 e. The van der Waals surface area contributed by atoms with Gasteiger partial charge in [0.25, 0.3) is 0 Å². The highest BCUT2D eigenvalue weighted by atomic mass is 16.5. The zero-order valence-electron chi connectivity index (χ0n) is 11.0. The predicted molar refractivity (Wildman–Crippen MR) is 75.3 cm³/mol. The number of aromatic amines is 1. The molecule has 0 aliphatic heterocycles. The summed E-state index contributed by atoms with van der Waals surface area (Å²) in [6.45, 7) is 3.97. The van der Waals surface area contributed by atoms with Crippen LogP contribution in [-0.2, 0) is 0 Å². The van der Waals surface area contributed by atoms with Crippen LogP contribution in [0.25, 0.3) is 11.0 Å². The van der Waals surface area contributed by atoms with E-state index in [-0.39, 0.29) is 0 Å². The molecule has 3 aromatic rings. The van der Waals surface area contributed by atoms with Crippen LogP contribution < -0.4 is 4.74 Å². The van der Waals surface area contributed by atoms with E-state index in [2.05, 4.69) is 20.1 Å². The lowest BCUT2D eigenvalue weighted by Gasteiger charge is -2.05. The van der Waals surface area contributed by atoms with Gasteiger partial charge in [0.15, 0.2) is 0 Å². The van der Waals surface area contributed by atoms with Crippen LogP contribution in [-0.4, -0.2) is 15.0 Å². The molecule has 0 bridgehead atoms. The van der Waals surface area contributed by atoms with E-state index in [0.29, 0.717) is 17.3 Å². The van der Waals surface area contributed by atoms with Gasteiger partial charge in [-0.1, -0.05) is 0 Å². The molecular formula is C14H12N4O2. The third-order valence-electron chi connectivity index (χ3n) is 3.21. The lowest BCUT2D eigenvalue weighted by atomic mass is 10.2. The molecule has 1 aromatic carbocycles. The summed E-state index contributed by atoms with van der Waals surface area (Å²) >= 11 is 0. The van der Waals surface area contributed by atoms with E-state index in [9.17, 15) is 4.91 Å². The number of benzene rings is 1. The van der Waals surface area contributed by atoms with Crippen molar-refractivity contribution < 1.29 is 4.74 Å². The van der Waals surface area contributed by atoms with Crippen LogP contribution in [0, 0.1) is 18.8 Å². The number of aryl methyl sites for hydroxylation is 2. The molecule has 0 aliphatic rings. The standard InChI is InChI=1S/C14H12N4O2/c1-8-9(2)17-13-12(8)14(16-7-15-13)20-11-5-3-10(18-19)4-6-11/h3-7H,1-2H3,(H,15,16,17). The highest BCUT2D eigenvalue weighted by Gasteiger charge is 2.13. The Hall–Kier alpha value is -2.76. The van der Waals surface area contributed by atoms with Crippen molar-refractivity contribution in [1.82, 2.24) is 15.0 Å². The van der Waals surface area contributed by atoms with E-state index in [1.165, 1.54) is 6.33 Å². The second-order valence-corrected chi connectivity index (χ2v) is 4.46. The zero-order chi connectivity index (χ0) is 14.1. The molecule has 2 aromatic heterocycles. The first-order chi connectivity index (χ1) is 9.69. The zero-order valence-corrected chi connectivity index (χ0v) is 11.0. The first kappa shape index (κ1) is 12.3. The van der Waals surface area contributed by atoms with Gasteiger partial charge in [-0.15, -0.1) is 4.91 Å². The molecule has 0 unspecified atom stereocenters. The number of nitroso groups, excluding NO2 is 1. The summed E-state index contributed by atoms with van der Waals surface area (Å²) in [6.07, 6.45) is 1.45. The summed E-state index contributed by atoms with van der Waals surface area (Å²) in [4.78, 5) is 21.9. The molecule has 6 nitrogen and oxygen atoms in total. The van der Waals surface area contributed by atoms with Gasteiger partial charge < -0.3 is 9.72 Å². The number of hydrogen-bond acceptors (Lipinski definition) is 5. The van der Waals surface area contributed by atoms with E-state index in [1.54, 1.807) is 24.3 Å². The SMILES string of the molecule is Cc1[nH]c2ncnc(Oc3ccc(N=O)cc3)c2c1C. The van der Waals surface area contributed by atoms with Crippen LogP contribution in [0.15, 0.2) is 35.8 Å². The van der Waals surface area contributed by atoms with Crippen LogP contribution >= 0.6 is 0 Å². The molecule has 1 N–H and O–H groups in total. The molecule has 0 radical (unpaired) electrons. The quantitative estimate of drug-likeness (QED) is 0.733. The first-order valence-electron chi connectivity index (χ1n) is 6.10. The van der Waals surface area contributed by atoms with Gasteiger partial charge in [0, 0.05) is 5.69 Å². The fraction of sp³-hybridized carbons (Fsp3) is 0.143. The van der Waals surface area contributed by atoms with Crippen molar-refractivity contribution in [3.63, 3.8) is 0 Å². The average molecular weight is 268 g/mol. The highest BCUT2D eigenvalue weighted by Crippen LogP contribution is 2.31. The Kier molecular flexibility index (Phi) is 2.90. The summed E-state index contributed by atoms with van der Waals surface area (Å²) in [5, 5.41) is 3.71. The van der Waals surface area contributed by atoms with E-state index in [1.807, 2.05) is 13.8 Å². The Bertz CT molecular complexity index is 778. The highest BCUT2D eigenvalue weighted by molar-refractivity contribution is 5.86. The van der Waals surface area contributed by atoms with E-state index in [0.717, 1.165) is 22.3 Å². The Morgan fingerprint density at radius 3 is 2.60 bits per heavy atom. The van der Waals surface area contributed by atoms with Gasteiger partial charge in [-0.05, 0) is 48.9 Å². The minimum atomic E-state index is 0.360. The molecule has 0 fully saturated rings. The van der Waals surface area contributed by atoms with Gasteiger partial charge in [-0.3, -0.25) is 0 Å². The molecule has 2 heterocycles. The fourth-order valence-corrected chi connectivity index (χ4v) is 2.03. The predicted octanol–water partition coefficient (Wildman–Crippen LogP) is 3.76. The Balaban J connectivity index is 2.03. The van der Waals surface area contributed by atoms with Crippen LogP contribution in [0.1, 0.15) is 11.3 Å². The van der Waals surface area contributed by atoms with Crippen molar-refractivity contribution in [3.05, 3.63) is 46.8 Å². The van der Waals surface area contributed by atoms with Crippen molar-refractivity contribution in [3.8, 4) is 11.6 Å². The monoisotopic (exact) mass is 268 g/mol. The number of nitrogens with zero attached hydrogens (tertiary/aromatic N) is 3. The number of ether oxygens (including phenoxy) is 1. The molecular weight excluding hydrogens is 256 g/mol. The Morgan fingerprint density at radius 2 is 1.90 bits per heavy atom. The number of aromatic nitrogens is 3. The maximum Gasteiger partial charge on any atom is 0.232 e. The minimum absolute atomic E-state index is 0.360. The number of rotatable bonds is 3. The second kappa shape index (κ2) is 4.73. The van der Waals surface area contributed by atoms with Crippen LogP contribution in [0.3, 0.4) is 0 Å². The van der Waals surface area contributed by atoms with Crippen molar-refractivity contribution in [1.29, 1.82) is 0 Å². The van der Waals surface area contributed by atoms with Crippen LogP contribution in [0.4, 0.5) is 5.69 Å². The molecule has 20 heavy (non-hydrogen) atoms. The molecule has 0 amide bonds. The van der Waals surface area contributed by atoms with E-state index < -0.39 is 0 Å². The van der Waals surface area contributed by atoms with Crippen LogP contribution in [0.5, 0.6) is 11.6 Å². The summed E-state index contributed by atoms with van der Waals surface area (Å²) in [7, 11) is 0. The Morgan fingerprint density at radius 1 is 1.15 bits per heavy atom. The summed E-state index contributed by atoms with van der Waals surface area (Å²) in [5.74, 6) is 1.08. The molecule has 0 saturated heterocycles. The van der Waals surface area contributed by atoms with Gasteiger partial charge in [0.1, 0.15) is 23.4 Å². The molecule has 0 atom stereocenters. The maximum atomic E-state index is 10.4. The number of hydrogen-bond donors (Lipinski definition) is 1. The number of H-pyrrole nitrogens is 1. The molecule has 3 rings (SSSR count). The van der Waals surface area contributed by atoms with Gasteiger partial charge in [0.2, 0.25) is 5.88 Å². The summed E-state index contributed by atoms with van der Waals surface area (Å²) in [6, 6.07) is 6.55. The third kappa shape index (κ3) is 2.01. The molecule has 0 aliphatic carbocycles. The number of fused-ring (bicyclic) bond motifs is 1. The van der Waals surface area contributed by atoms with Crippen molar-refractivity contribution in [2.24, 2.45) is 5.18 Å². The summed E-state index contributed by atoms with van der Waals surface area (Å²) < 4.78 is 5.77. The topological polar surface area (TPSA) is 80.2 Å². The Labute approximate surface area is 114 Å². The van der Waals surface area contributed by atoms with Crippen molar-refractivity contribution >= 4 is 16.7 Å². The number of nitrogens with one attached hydrogen (secondary N) is 1. The van der Waals surface area contributed by atoms with E-state index >= 15 is 0 Å². The third-order valence-corrected chi connectivity index (χ3v) is 3.21. The van der Waals surface area contributed by atoms with E-state index in [4.69, 9.17) is 4.74 Å². The normalized spacial score (nSPS) is 10.7. The molecule has 100 valence electrons. The van der Waals surface area contributed by atoms with Crippen LogP contribution in [0.2, 0.25) is 0 Å². The van der Waals surface area contributed by atoms with Gasteiger partial charge in [0.05, 0.1) is 5.39 Å². The van der Waals surface area contributed by atoms with Gasteiger partial charge in [-0.2, -0.15) is 0 Å². The molecule has 0 saturated carbocycles. The fourth-order valence-electron chi connectivity index (χ4n) is 2.03. The maximum absolute atomic E-state index is 10.4. The second-order valence-electron chi connectivity index (χ2n) is 4.46. The van der Waals surface area contributed by atoms with Gasteiger partial charge >= 0.3 is 0 Å². The van der Waals surface area contributed by atoms with Crippen molar-refractivity contribution in [2.75, 3.05) is 0 Å². The lowest BCUT2D eigenvalue weighted by Crippen LogP contribution is -1.90. The minimum Gasteiger partial charge on any atom is -0.438 e. The smallest absolute Gasteiger partial charge is 0.232 e. The first-order valence-corrected chi connectivity index (χ1v) is 6.10. The lowest BCUT2D eigenvalue weighted by molar-refractivity contribution is 0.468.